The molecule has 3 rings (SSSR count). The lowest BCUT2D eigenvalue weighted by molar-refractivity contribution is 0.373. The Bertz CT molecular complexity index is 582. The van der Waals surface area contributed by atoms with Gasteiger partial charge in [0.15, 0.2) is 0 Å². The van der Waals surface area contributed by atoms with E-state index in [9.17, 15) is 4.39 Å². The van der Waals surface area contributed by atoms with E-state index in [1.807, 2.05) is 18.2 Å². The van der Waals surface area contributed by atoms with E-state index in [2.05, 4.69) is 16.4 Å². The largest absolute Gasteiger partial charge is 0.367 e. The summed E-state index contributed by atoms with van der Waals surface area (Å²) in [6, 6.07) is 13.1. The minimum absolute atomic E-state index is 0.343. The zero-order chi connectivity index (χ0) is 13.2. The van der Waals surface area contributed by atoms with Gasteiger partial charge in [-0.15, -0.1) is 0 Å². The van der Waals surface area contributed by atoms with Gasteiger partial charge in [0.2, 0.25) is 5.95 Å². The molecule has 2 nitrogen and oxygen atoms in total. The van der Waals surface area contributed by atoms with Crippen molar-refractivity contribution >= 4 is 17.4 Å². The van der Waals surface area contributed by atoms with Crippen LogP contribution in [0.5, 0.6) is 0 Å². The Hall–Kier alpha value is -1.61. The average Bonchev–Trinajstić information content (AvgIpc) is 2.35. The van der Waals surface area contributed by atoms with Crippen molar-refractivity contribution in [3.05, 3.63) is 59.0 Å². The Labute approximate surface area is 116 Å². The number of halogens is 2. The minimum Gasteiger partial charge on any atom is -0.367 e. The van der Waals surface area contributed by atoms with Crippen LogP contribution >= 0.6 is 11.6 Å². The molecule has 1 N–H and O–H groups in total. The second-order valence-corrected chi connectivity index (χ2v) is 5.28. The molecule has 1 aliphatic carbocycles. The molecule has 1 saturated carbocycles. The molecule has 0 spiro atoms. The number of nitrogens with zero attached hydrogens (tertiary/aromatic N) is 1. The highest BCUT2D eigenvalue weighted by Gasteiger charge is 2.31. The molecule has 4 heteroatoms. The molecule has 0 bridgehead atoms. The summed E-state index contributed by atoms with van der Waals surface area (Å²) in [7, 11) is 0. The van der Waals surface area contributed by atoms with Crippen LogP contribution in [-0.4, -0.2) is 11.0 Å². The third kappa shape index (κ3) is 2.71. The third-order valence-electron chi connectivity index (χ3n) is 3.55. The third-order valence-corrected chi connectivity index (χ3v) is 3.89. The minimum atomic E-state index is -0.452. The van der Waals surface area contributed by atoms with Gasteiger partial charge in [-0.25, -0.2) is 4.98 Å². The summed E-state index contributed by atoms with van der Waals surface area (Å²) in [5, 5.41) is 4.07. The van der Waals surface area contributed by atoms with Gasteiger partial charge in [0.05, 0.1) is 0 Å². The molecule has 19 heavy (non-hydrogen) atoms. The number of hydrogen-bond acceptors (Lipinski definition) is 2. The molecule has 1 aromatic carbocycles. The van der Waals surface area contributed by atoms with Crippen molar-refractivity contribution in [1.29, 1.82) is 0 Å². The van der Waals surface area contributed by atoms with E-state index in [-0.39, 0.29) is 0 Å². The molecule has 1 heterocycles. The topological polar surface area (TPSA) is 24.9 Å². The van der Waals surface area contributed by atoms with Crippen LogP contribution in [0.2, 0.25) is 5.02 Å². The lowest BCUT2D eigenvalue weighted by Gasteiger charge is -2.36. The summed E-state index contributed by atoms with van der Waals surface area (Å²) in [5.74, 6) is 0.634. The van der Waals surface area contributed by atoms with Crippen LogP contribution in [0.25, 0.3) is 0 Å². The number of aromatic nitrogens is 1. The van der Waals surface area contributed by atoms with Crippen LogP contribution in [0.3, 0.4) is 0 Å². The smallest absolute Gasteiger partial charge is 0.214 e. The quantitative estimate of drug-likeness (QED) is 0.849. The molecular formula is C15H14ClFN2. The summed E-state index contributed by atoms with van der Waals surface area (Å²) in [5.41, 5.74) is 1.20. The lowest BCUT2D eigenvalue weighted by Crippen LogP contribution is -2.34. The number of hydrogen-bond donors (Lipinski definition) is 1. The Balaban J connectivity index is 1.60. The maximum atomic E-state index is 13.0. The van der Waals surface area contributed by atoms with Crippen LogP contribution in [-0.2, 0) is 0 Å². The van der Waals surface area contributed by atoms with Crippen LogP contribution in [0.4, 0.5) is 10.2 Å². The van der Waals surface area contributed by atoms with Crippen molar-refractivity contribution in [2.45, 2.75) is 24.8 Å². The molecule has 1 aliphatic rings. The van der Waals surface area contributed by atoms with Crippen LogP contribution in [0.15, 0.2) is 42.5 Å². The van der Waals surface area contributed by atoms with E-state index < -0.39 is 5.95 Å². The molecule has 98 valence electrons. The predicted molar refractivity (Wildman–Crippen MR) is 75.0 cm³/mol. The van der Waals surface area contributed by atoms with E-state index >= 15 is 0 Å². The first-order valence-corrected chi connectivity index (χ1v) is 6.73. The molecule has 0 saturated heterocycles. The van der Waals surface area contributed by atoms with Gasteiger partial charge in [-0.2, -0.15) is 4.39 Å². The molecular weight excluding hydrogens is 263 g/mol. The van der Waals surface area contributed by atoms with Gasteiger partial charge in [0.1, 0.15) is 5.82 Å². The molecule has 0 unspecified atom stereocenters. The van der Waals surface area contributed by atoms with Crippen LogP contribution in [0.1, 0.15) is 24.3 Å². The molecule has 0 amide bonds. The number of anilines is 1. The van der Waals surface area contributed by atoms with E-state index in [4.69, 9.17) is 11.6 Å². The van der Waals surface area contributed by atoms with Gasteiger partial charge in [0.25, 0.3) is 0 Å². The fourth-order valence-corrected chi connectivity index (χ4v) is 2.78. The van der Waals surface area contributed by atoms with Gasteiger partial charge < -0.3 is 5.32 Å². The first-order valence-electron chi connectivity index (χ1n) is 6.36. The Morgan fingerprint density at radius 3 is 2.63 bits per heavy atom. The summed E-state index contributed by atoms with van der Waals surface area (Å²) in [6.45, 7) is 0. The Kier molecular flexibility index (Phi) is 3.38. The number of benzene rings is 1. The highest BCUT2D eigenvalue weighted by Crippen LogP contribution is 2.40. The molecule has 0 atom stereocenters. The highest BCUT2D eigenvalue weighted by atomic mass is 35.5. The van der Waals surface area contributed by atoms with Crippen molar-refractivity contribution in [3.8, 4) is 0 Å². The summed E-state index contributed by atoms with van der Waals surface area (Å²) >= 11 is 6.18. The van der Waals surface area contributed by atoms with E-state index in [0.717, 1.165) is 17.9 Å². The second-order valence-electron chi connectivity index (χ2n) is 4.88. The van der Waals surface area contributed by atoms with Crippen molar-refractivity contribution in [2.24, 2.45) is 0 Å². The van der Waals surface area contributed by atoms with Gasteiger partial charge in [-0.3, -0.25) is 0 Å². The normalized spacial score (nSPS) is 21.8. The second kappa shape index (κ2) is 5.17. The summed E-state index contributed by atoms with van der Waals surface area (Å²) in [6.07, 6.45) is 2.00. The standard InChI is InChI=1S/C15H14ClFN2/c16-13-5-2-1-4-12(13)10-8-11(9-10)18-15-7-3-6-14(17)19-15/h1-7,10-11H,8-9H2,(H,18,19). The summed E-state index contributed by atoms with van der Waals surface area (Å²) < 4.78 is 13.0. The van der Waals surface area contributed by atoms with E-state index in [1.165, 1.54) is 11.6 Å². The average molecular weight is 277 g/mol. The maximum Gasteiger partial charge on any atom is 0.214 e. The zero-order valence-corrected chi connectivity index (χ0v) is 11.1. The van der Waals surface area contributed by atoms with Gasteiger partial charge in [-0.05, 0) is 42.5 Å². The fraction of sp³-hybridized carbons (Fsp3) is 0.267. The monoisotopic (exact) mass is 276 g/mol. The Morgan fingerprint density at radius 2 is 1.89 bits per heavy atom. The molecule has 2 aromatic rings. The van der Waals surface area contributed by atoms with E-state index in [0.29, 0.717) is 17.8 Å². The van der Waals surface area contributed by atoms with E-state index in [1.54, 1.807) is 12.1 Å². The van der Waals surface area contributed by atoms with Crippen molar-refractivity contribution < 1.29 is 4.39 Å². The Morgan fingerprint density at radius 1 is 1.11 bits per heavy atom. The van der Waals surface area contributed by atoms with Gasteiger partial charge >= 0.3 is 0 Å². The molecule has 0 aliphatic heterocycles. The first kappa shape index (κ1) is 12.4. The highest BCUT2D eigenvalue weighted by molar-refractivity contribution is 6.31. The van der Waals surface area contributed by atoms with Gasteiger partial charge in [0, 0.05) is 11.1 Å². The molecule has 1 fully saturated rings. The van der Waals surface area contributed by atoms with Gasteiger partial charge in [-0.1, -0.05) is 35.9 Å². The number of pyridine rings is 1. The fourth-order valence-electron chi connectivity index (χ4n) is 2.49. The predicted octanol–water partition coefficient (Wildman–Crippen LogP) is 4.23. The van der Waals surface area contributed by atoms with Crippen LogP contribution in [0, 0.1) is 5.95 Å². The summed E-state index contributed by atoms with van der Waals surface area (Å²) in [4.78, 5) is 3.81. The molecule has 1 aromatic heterocycles. The number of nitrogens with one attached hydrogen (secondary N) is 1. The lowest BCUT2D eigenvalue weighted by atomic mass is 9.76. The SMILES string of the molecule is Fc1cccc(NC2CC(c3ccccc3Cl)C2)n1. The number of rotatable bonds is 3. The van der Waals surface area contributed by atoms with Crippen LogP contribution < -0.4 is 5.32 Å². The van der Waals surface area contributed by atoms with Crippen molar-refractivity contribution in [2.75, 3.05) is 5.32 Å². The zero-order valence-electron chi connectivity index (χ0n) is 10.3. The first-order chi connectivity index (χ1) is 9.22. The van der Waals surface area contributed by atoms with Crippen molar-refractivity contribution in [1.82, 2.24) is 4.98 Å². The van der Waals surface area contributed by atoms with Crippen molar-refractivity contribution in [3.63, 3.8) is 0 Å². The molecule has 0 radical (unpaired) electrons. The maximum absolute atomic E-state index is 13.0.